The number of hydrogen-bond acceptors (Lipinski definition) is 4. The Bertz CT molecular complexity index is 507. The van der Waals surface area contributed by atoms with E-state index >= 15 is 0 Å². The van der Waals surface area contributed by atoms with E-state index in [0.717, 1.165) is 44.0 Å². The minimum Gasteiger partial charge on any atom is -0.497 e. The van der Waals surface area contributed by atoms with Crippen molar-refractivity contribution in [3.63, 3.8) is 0 Å². The molecule has 1 heterocycles. The van der Waals surface area contributed by atoms with Gasteiger partial charge in [-0.25, -0.2) is 4.98 Å². The van der Waals surface area contributed by atoms with E-state index in [0.29, 0.717) is 0 Å². The maximum absolute atomic E-state index is 5.15. The van der Waals surface area contributed by atoms with Crippen LogP contribution in [-0.2, 0) is 19.5 Å². The summed E-state index contributed by atoms with van der Waals surface area (Å²) in [7, 11) is 1.68. The number of nitrogens with one attached hydrogen (secondary N) is 1. The fourth-order valence-corrected chi connectivity index (χ4v) is 1.93. The maximum Gasteiger partial charge on any atom is 0.164 e. The predicted molar refractivity (Wildman–Crippen MR) is 78.7 cm³/mol. The molecule has 0 spiro atoms. The summed E-state index contributed by atoms with van der Waals surface area (Å²) < 4.78 is 7.04. The van der Waals surface area contributed by atoms with Crippen molar-refractivity contribution < 1.29 is 4.74 Å². The maximum atomic E-state index is 5.15. The fourth-order valence-electron chi connectivity index (χ4n) is 1.93. The molecule has 0 atom stereocenters. The average Bonchev–Trinajstić information content (AvgIpc) is 2.94. The van der Waals surface area contributed by atoms with Crippen LogP contribution in [0.5, 0.6) is 5.75 Å². The van der Waals surface area contributed by atoms with Crippen molar-refractivity contribution in [1.29, 1.82) is 0 Å². The van der Waals surface area contributed by atoms with Crippen LogP contribution in [0.1, 0.15) is 24.7 Å². The molecule has 0 aliphatic carbocycles. The zero-order valence-electron chi connectivity index (χ0n) is 12.2. The van der Waals surface area contributed by atoms with E-state index in [4.69, 9.17) is 4.74 Å². The van der Waals surface area contributed by atoms with Crippen molar-refractivity contribution in [1.82, 2.24) is 20.1 Å². The van der Waals surface area contributed by atoms with E-state index in [1.54, 1.807) is 13.4 Å². The summed E-state index contributed by atoms with van der Waals surface area (Å²) in [5.74, 6) is 1.74. The van der Waals surface area contributed by atoms with Gasteiger partial charge >= 0.3 is 0 Å². The molecule has 20 heavy (non-hydrogen) atoms. The smallest absolute Gasteiger partial charge is 0.164 e. The van der Waals surface area contributed by atoms with Crippen molar-refractivity contribution in [3.8, 4) is 5.75 Å². The Balaban J connectivity index is 1.81. The van der Waals surface area contributed by atoms with Crippen LogP contribution in [0.2, 0.25) is 0 Å². The quantitative estimate of drug-likeness (QED) is 0.748. The highest BCUT2D eigenvalue weighted by atomic mass is 16.5. The Kier molecular flexibility index (Phi) is 5.55. The molecule has 1 aromatic carbocycles. The number of rotatable bonds is 8. The van der Waals surface area contributed by atoms with Crippen LogP contribution in [0.25, 0.3) is 0 Å². The first-order chi connectivity index (χ1) is 9.81. The topological polar surface area (TPSA) is 52.0 Å². The Labute approximate surface area is 120 Å². The first kappa shape index (κ1) is 14.5. The Hall–Kier alpha value is -1.88. The van der Waals surface area contributed by atoms with E-state index in [1.807, 2.05) is 16.8 Å². The van der Waals surface area contributed by atoms with Crippen LogP contribution in [0.15, 0.2) is 30.6 Å². The van der Waals surface area contributed by atoms with Crippen LogP contribution in [0.3, 0.4) is 0 Å². The van der Waals surface area contributed by atoms with Gasteiger partial charge in [0.2, 0.25) is 0 Å². The number of aryl methyl sites for hydroxylation is 2. The first-order valence-corrected chi connectivity index (χ1v) is 7.03. The summed E-state index contributed by atoms with van der Waals surface area (Å²) in [5.41, 5.74) is 1.27. The normalized spacial score (nSPS) is 10.7. The van der Waals surface area contributed by atoms with Crippen LogP contribution in [0.4, 0.5) is 0 Å². The zero-order valence-corrected chi connectivity index (χ0v) is 12.2. The molecule has 0 unspecified atom stereocenters. The molecular formula is C15H22N4O. The minimum absolute atomic E-state index is 0.739. The molecule has 108 valence electrons. The Morgan fingerprint density at radius 2 is 2.05 bits per heavy atom. The molecule has 0 aliphatic heterocycles. The van der Waals surface area contributed by atoms with Gasteiger partial charge in [-0.2, -0.15) is 5.10 Å². The number of ether oxygens (including phenoxy) is 1. The second-order valence-corrected chi connectivity index (χ2v) is 4.70. The van der Waals surface area contributed by atoms with E-state index in [-0.39, 0.29) is 0 Å². The van der Waals surface area contributed by atoms with E-state index in [1.165, 1.54) is 5.56 Å². The number of benzene rings is 1. The molecule has 0 saturated heterocycles. The highest BCUT2D eigenvalue weighted by Gasteiger charge is 2.01. The lowest BCUT2D eigenvalue weighted by atomic mass is 10.1. The minimum atomic E-state index is 0.739. The molecule has 0 amide bonds. The third kappa shape index (κ3) is 4.35. The van der Waals surface area contributed by atoms with Gasteiger partial charge in [-0.05, 0) is 37.1 Å². The predicted octanol–water partition coefficient (Wildman–Crippen LogP) is 2.03. The monoisotopic (exact) mass is 274 g/mol. The van der Waals surface area contributed by atoms with Gasteiger partial charge in [0.25, 0.3) is 0 Å². The summed E-state index contributed by atoms with van der Waals surface area (Å²) in [6, 6.07) is 8.13. The molecule has 5 heteroatoms. The van der Waals surface area contributed by atoms with Crippen LogP contribution in [-0.4, -0.2) is 28.4 Å². The van der Waals surface area contributed by atoms with Crippen LogP contribution in [0, 0.1) is 0 Å². The van der Waals surface area contributed by atoms with Crippen molar-refractivity contribution in [2.24, 2.45) is 0 Å². The first-order valence-electron chi connectivity index (χ1n) is 7.03. The van der Waals surface area contributed by atoms with Gasteiger partial charge in [-0.3, -0.25) is 4.68 Å². The molecular weight excluding hydrogens is 252 g/mol. The van der Waals surface area contributed by atoms with Crippen LogP contribution >= 0.6 is 0 Å². The third-order valence-corrected chi connectivity index (χ3v) is 3.08. The lowest BCUT2D eigenvalue weighted by molar-refractivity contribution is 0.414. The Morgan fingerprint density at radius 3 is 2.75 bits per heavy atom. The highest BCUT2D eigenvalue weighted by molar-refractivity contribution is 5.27. The molecule has 0 bridgehead atoms. The van der Waals surface area contributed by atoms with Gasteiger partial charge in [0, 0.05) is 6.54 Å². The summed E-state index contributed by atoms with van der Waals surface area (Å²) in [5, 5.41) is 7.75. The molecule has 0 aliphatic rings. The number of hydrogen-bond donors (Lipinski definition) is 1. The number of nitrogens with zero attached hydrogens (tertiary/aromatic N) is 3. The molecule has 1 aromatic heterocycles. The fraction of sp³-hybridized carbons (Fsp3) is 0.467. The van der Waals surface area contributed by atoms with E-state index in [9.17, 15) is 0 Å². The van der Waals surface area contributed by atoms with E-state index in [2.05, 4.69) is 34.5 Å². The van der Waals surface area contributed by atoms with Crippen molar-refractivity contribution >= 4 is 0 Å². The summed E-state index contributed by atoms with van der Waals surface area (Å²) in [6.07, 6.45) is 3.86. The molecule has 0 radical (unpaired) electrons. The van der Waals surface area contributed by atoms with Crippen molar-refractivity contribution in [2.45, 2.75) is 32.9 Å². The van der Waals surface area contributed by atoms with Crippen molar-refractivity contribution in [3.05, 3.63) is 42.0 Å². The Morgan fingerprint density at radius 1 is 1.25 bits per heavy atom. The van der Waals surface area contributed by atoms with Gasteiger partial charge in [0.15, 0.2) is 5.82 Å². The van der Waals surface area contributed by atoms with Crippen LogP contribution < -0.4 is 10.1 Å². The molecule has 2 rings (SSSR count). The van der Waals surface area contributed by atoms with Gasteiger partial charge in [-0.15, -0.1) is 0 Å². The van der Waals surface area contributed by atoms with E-state index < -0.39 is 0 Å². The molecule has 2 aromatic rings. The zero-order chi connectivity index (χ0) is 14.2. The van der Waals surface area contributed by atoms with Gasteiger partial charge in [0.05, 0.1) is 13.7 Å². The molecule has 1 N–H and O–H groups in total. The average molecular weight is 274 g/mol. The SMILES string of the molecule is CCCNCc1ncn(CCc2ccc(OC)cc2)n1. The lowest BCUT2D eigenvalue weighted by Crippen LogP contribution is -2.15. The second kappa shape index (κ2) is 7.65. The standard InChI is InChI=1S/C15H22N4O/c1-3-9-16-11-15-17-12-19(18-15)10-8-13-4-6-14(20-2)7-5-13/h4-7,12,16H,3,8-11H2,1-2H3. The lowest BCUT2D eigenvalue weighted by Gasteiger charge is -2.03. The largest absolute Gasteiger partial charge is 0.497 e. The third-order valence-electron chi connectivity index (χ3n) is 3.08. The van der Waals surface area contributed by atoms with Gasteiger partial charge in [-0.1, -0.05) is 19.1 Å². The number of methoxy groups -OCH3 is 1. The molecule has 0 fully saturated rings. The van der Waals surface area contributed by atoms with Gasteiger partial charge < -0.3 is 10.1 Å². The summed E-state index contributed by atoms with van der Waals surface area (Å²) in [4.78, 5) is 4.30. The summed E-state index contributed by atoms with van der Waals surface area (Å²) >= 11 is 0. The van der Waals surface area contributed by atoms with Crippen molar-refractivity contribution in [2.75, 3.05) is 13.7 Å². The summed E-state index contributed by atoms with van der Waals surface area (Å²) in [6.45, 7) is 4.73. The number of aromatic nitrogens is 3. The second-order valence-electron chi connectivity index (χ2n) is 4.70. The highest BCUT2D eigenvalue weighted by Crippen LogP contribution is 2.11. The molecule has 5 nitrogen and oxygen atoms in total. The van der Waals surface area contributed by atoms with Gasteiger partial charge in [0.1, 0.15) is 12.1 Å². The molecule has 0 saturated carbocycles.